The Bertz CT molecular complexity index is 1100. The first-order valence-corrected chi connectivity index (χ1v) is 11.2. The molecule has 2 aromatic carbocycles. The smallest absolute Gasteiger partial charge is 0.267 e. The number of hydrogen-bond donors (Lipinski definition) is 2. The van der Waals surface area contributed by atoms with Gasteiger partial charge >= 0.3 is 0 Å². The first kappa shape index (κ1) is 22.7. The minimum absolute atomic E-state index is 0.0607. The molecule has 9 nitrogen and oxygen atoms in total. The molecule has 1 aliphatic rings. The summed E-state index contributed by atoms with van der Waals surface area (Å²) in [6, 6.07) is 13.6. The third-order valence-electron chi connectivity index (χ3n) is 5.15. The van der Waals surface area contributed by atoms with Gasteiger partial charge in [-0.1, -0.05) is 30.3 Å². The fraction of sp³-hybridized carbons (Fsp3) is 0.333. The van der Waals surface area contributed by atoms with E-state index in [4.69, 9.17) is 15.2 Å². The van der Waals surface area contributed by atoms with Crippen LogP contribution in [-0.4, -0.2) is 56.3 Å². The average molecular weight is 448 g/mol. The highest BCUT2D eigenvalue weighted by Crippen LogP contribution is 2.40. The molecule has 0 radical (unpaired) electrons. The topological polar surface area (TPSA) is 132 Å². The largest absolute Gasteiger partial charge is 0.497 e. The first-order valence-electron chi connectivity index (χ1n) is 9.57. The van der Waals surface area contributed by atoms with Crippen LogP contribution < -0.4 is 10.5 Å². The van der Waals surface area contributed by atoms with Crippen molar-refractivity contribution in [2.24, 2.45) is 10.7 Å². The Balaban J connectivity index is 2.17. The number of rotatable bonds is 8. The van der Waals surface area contributed by atoms with E-state index in [1.807, 2.05) is 0 Å². The van der Waals surface area contributed by atoms with Crippen LogP contribution in [0, 0.1) is 0 Å². The molecule has 1 heterocycles. The van der Waals surface area contributed by atoms with Crippen molar-refractivity contribution in [3.05, 3.63) is 65.2 Å². The van der Waals surface area contributed by atoms with E-state index in [1.54, 1.807) is 62.6 Å². The van der Waals surface area contributed by atoms with Crippen molar-refractivity contribution in [3.8, 4) is 5.75 Å². The summed E-state index contributed by atoms with van der Waals surface area (Å²) in [5.74, 6) is -0.285. The quantitative estimate of drug-likeness (QED) is 0.589. The second-order valence-corrected chi connectivity index (χ2v) is 8.59. The normalized spacial score (nSPS) is 19.9. The van der Waals surface area contributed by atoms with Crippen LogP contribution in [0.25, 0.3) is 0 Å². The van der Waals surface area contributed by atoms with E-state index in [1.165, 1.54) is 11.9 Å². The van der Waals surface area contributed by atoms with Gasteiger partial charge in [0, 0.05) is 13.7 Å². The monoisotopic (exact) mass is 447 g/mol. The number of likely N-dealkylation sites (N-methyl/N-ethyl adjacent to an activating group) is 1. The van der Waals surface area contributed by atoms with Gasteiger partial charge in [0.05, 0.1) is 13.2 Å². The predicted molar refractivity (Wildman–Crippen MR) is 115 cm³/mol. The molecule has 0 saturated carbocycles. The van der Waals surface area contributed by atoms with Crippen LogP contribution in [-0.2, 0) is 25.2 Å². The second kappa shape index (κ2) is 8.66. The van der Waals surface area contributed by atoms with Crippen molar-refractivity contribution >= 4 is 22.0 Å². The molecule has 2 aromatic rings. The third-order valence-corrected chi connectivity index (χ3v) is 5.88. The van der Waals surface area contributed by atoms with E-state index < -0.39 is 27.5 Å². The molecule has 166 valence electrons. The van der Waals surface area contributed by atoms with E-state index in [9.17, 15) is 17.8 Å². The number of carbonyl (C=O) groups excluding carboxylic acids is 1. The zero-order valence-electron chi connectivity index (χ0n) is 17.5. The van der Waals surface area contributed by atoms with Crippen LogP contribution in [0.4, 0.5) is 0 Å². The maximum Gasteiger partial charge on any atom is 0.267 e. The molecule has 0 saturated heterocycles. The van der Waals surface area contributed by atoms with Gasteiger partial charge in [0.25, 0.3) is 16.0 Å². The van der Waals surface area contributed by atoms with Crippen LogP contribution in [0.5, 0.6) is 5.75 Å². The molecule has 0 aromatic heterocycles. The average Bonchev–Trinajstić information content (AvgIpc) is 2.97. The number of nitrogens with zero attached hydrogens (tertiary/aromatic N) is 2. The summed E-state index contributed by atoms with van der Waals surface area (Å²) in [5, 5.41) is 0. The highest BCUT2D eigenvalue weighted by atomic mass is 32.2. The molecule has 3 N–H and O–H groups in total. The van der Waals surface area contributed by atoms with Crippen molar-refractivity contribution in [1.82, 2.24) is 4.90 Å². The van der Waals surface area contributed by atoms with Gasteiger partial charge < -0.3 is 15.2 Å². The standard InChI is InChI=1S/C21H25N3O6S/c1-4-30-18(13-31(26,27)28)14-6-5-7-16(12-14)21(19(25)24(2)20(22)23-21)15-8-10-17(29-3)11-9-15/h5-12,18H,4,13H2,1-3H3,(H2,22,23)(H,26,27,28). The van der Waals surface area contributed by atoms with Crippen LogP contribution >= 0.6 is 0 Å². The summed E-state index contributed by atoms with van der Waals surface area (Å²) in [4.78, 5) is 19.2. The number of aliphatic imine (C=N–C) groups is 1. The highest BCUT2D eigenvalue weighted by molar-refractivity contribution is 7.85. The van der Waals surface area contributed by atoms with Gasteiger partial charge in [-0.05, 0) is 41.8 Å². The fourth-order valence-electron chi connectivity index (χ4n) is 3.61. The molecule has 1 aliphatic heterocycles. The van der Waals surface area contributed by atoms with Gasteiger partial charge in [-0.3, -0.25) is 14.2 Å². The minimum atomic E-state index is -4.29. The lowest BCUT2D eigenvalue weighted by molar-refractivity contribution is -0.129. The molecule has 0 bridgehead atoms. The summed E-state index contributed by atoms with van der Waals surface area (Å²) in [6.07, 6.45) is -0.913. The zero-order valence-corrected chi connectivity index (χ0v) is 18.3. The lowest BCUT2D eigenvalue weighted by atomic mass is 9.82. The van der Waals surface area contributed by atoms with Crippen molar-refractivity contribution in [1.29, 1.82) is 0 Å². The molecular weight excluding hydrogens is 422 g/mol. The number of nitrogens with two attached hydrogens (primary N) is 1. The van der Waals surface area contributed by atoms with E-state index in [-0.39, 0.29) is 18.5 Å². The number of benzene rings is 2. The second-order valence-electron chi connectivity index (χ2n) is 7.09. The lowest BCUT2D eigenvalue weighted by Crippen LogP contribution is -2.41. The molecule has 0 aliphatic carbocycles. The minimum Gasteiger partial charge on any atom is -0.497 e. The zero-order chi connectivity index (χ0) is 22.8. The summed E-state index contributed by atoms with van der Waals surface area (Å²) in [7, 11) is -1.21. The molecule has 0 spiro atoms. The van der Waals surface area contributed by atoms with Crippen molar-refractivity contribution in [3.63, 3.8) is 0 Å². The molecule has 31 heavy (non-hydrogen) atoms. The predicted octanol–water partition coefficient (Wildman–Crippen LogP) is 1.69. The van der Waals surface area contributed by atoms with Gasteiger partial charge in [0.2, 0.25) is 0 Å². The molecule has 0 fully saturated rings. The summed E-state index contributed by atoms with van der Waals surface area (Å²) in [6.45, 7) is 1.96. The maximum absolute atomic E-state index is 13.4. The van der Waals surface area contributed by atoms with Gasteiger partial charge in [-0.25, -0.2) is 4.99 Å². The third kappa shape index (κ3) is 4.41. The first-order chi connectivity index (χ1) is 14.6. The Hall–Kier alpha value is -2.95. The maximum atomic E-state index is 13.4. The van der Waals surface area contributed by atoms with Crippen LogP contribution in [0.15, 0.2) is 53.5 Å². The van der Waals surface area contributed by atoms with Crippen molar-refractivity contribution in [2.45, 2.75) is 18.6 Å². The Morgan fingerprint density at radius 3 is 2.39 bits per heavy atom. The van der Waals surface area contributed by atoms with E-state index in [0.717, 1.165) is 0 Å². The van der Waals surface area contributed by atoms with Crippen LogP contribution in [0.2, 0.25) is 0 Å². The number of hydrogen-bond acceptors (Lipinski definition) is 7. The van der Waals surface area contributed by atoms with E-state index in [2.05, 4.69) is 4.99 Å². The van der Waals surface area contributed by atoms with Crippen LogP contribution in [0.1, 0.15) is 29.7 Å². The summed E-state index contributed by atoms with van der Waals surface area (Å²) < 4.78 is 43.0. The SMILES string of the molecule is CCOC(CS(=O)(=O)O)c1cccc(C2(c3ccc(OC)cc3)N=C(N)N(C)C2=O)c1. The molecule has 1 amide bonds. The van der Waals surface area contributed by atoms with Crippen molar-refractivity contribution < 1.29 is 27.2 Å². The molecule has 10 heteroatoms. The van der Waals surface area contributed by atoms with Gasteiger partial charge in [0.15, 0.2) is 11.5 Å². The molecule has 3 rings (SSSR count). The van der Waals surface area contributed by atoms with Crippen LogP contribution in [0.3, 0.4) is 0 Å². The van der Waals surface area contributed by atoms with E-state index in [0.29, 0.717) is 22.4 Å². The summed E-state index contributed by atoms with van der Waals surface area (Å²) in [5.41, 5.74) is 6.10. The number of carbonyl (C=O) groups is 1. The highest BCUT2D eigenvalue weighted by Gasteiger charge is 2.49. The number of ether oxygens (including phenoxy) is 2. The molecule has 2 unspecified atom stereocenters. The van der Waals surface area contributed by atoms with E-state index >= 15 is 0 Å². The number of guanidine groups is 1. The Morgan fingerprint density at radius 2 is 1.87 bits per heavy atom. The van der Waals surface area contributed by atoms with Gasteiger partial charge in [-0.15, -0.1) is 0 Å². The molecular formula is C21H25N3O6S. The van der Waals surface area contributed by atoms with Gasteiger partial charge in [0.1, 0.15) is 11.5 Å². The lowest BCUT2D eigenvalue weighted by Gasteiger charge is -2.27. The Kier molecular flexibility index (Phi) is 6.35. The number of amides is 1. The summed E-state index contributed by atoms with van der Waals surface area (Å²) >= 11 is 0. The fourth-order valence-corrected chi connectivity index (χ4v) is 4.28. The Morgan fingerprint density at radius 1 is 1.19 bits per heavy atom. The Labute approximate surface area is 181 Å². The molecule has 2 atom stereocenters. The van der Waals surface area contributed by atoms with Gasteiger partial charge in [-0.2, -0.15) is 8.42 Å². The number of methoxy groups -OCH3 is 1. The van der Waals surface area contributed by atoms with Crippen molar-refractivity contribution in [2.75, 3.05) is 26.5 Å².